The van der Waals surface area contributed by atoms with Crippen LogP contribution in [0, 0.1) is 0 Å². The predicted molar refractivity (Wildman–Crippen MR) is 70.9 cm³/mol. The van der Waals surface area contributed by atoms with Gasteiger partial charge in [-0.3, -0.25) is 9.67 Å². The SMILES string of the molecule is Cn1nc(C(=O)O)cc1-c1ccc2cccnc2c1. The third-order valence-corrected chi connectivity index (χ3v) is 3.00. The summed E-state index contributed by atoms with van der Waals surface area (Å²) in [5, 5.41) is 14.0. The van der Waals surface area contributed by atoms with Crippen molar-refractivity contribution >= 4 is 16.9 Å². The fourth-order valence-corrected chi connectivity index (χ4v) is 2.07. The highest BCUT2D eigenvalue weighted by atomic mass is 16.4. The van der Waals surface area contributed by atoms with E-state index in [9.17, 15) is 4.79 Å². The topological polar surface area (TPSA) is 68.0 Å². The molecule has 0 spiro atoms. The summed E-state index contributed by atoms with van der Waals surface area (Å²) < 4.78 is 1.56. The Morgan fingerprint density at radius 3 is 2.84 bits per heavy atom. The quantitative estimate of drug-likeness (QED) is 0.761. The van der Waals surface area contributed by atoms with Gasteiger partial charge in [0, 0.05) is 24.2 Å². The molecule has 0 bridgehead atoms. The summed E-state index contributed by atoms with van der Waals surface area (Å²) in [6, 6.07) is 11.3. The molecule has 0 aliphatic heterocycles. The minimum atomic E-state index is -1.03. The number of carboxylic acid groups (broad SMARTS) is 1. The van der Waals surface area contributed by atoms with E-state index in [4.69, 9.17) is 5.11 Å². The zero-order valence-electron chi connectivity index (χ0n) is 10.2. The Hall–Kier alpha value is -2.69. The summed E-state index contributed by atoms with van der Waals surface area (Å²) in [5.41, 5.74) is 2.57. The molecular weight excluding hydrogens is 242 g/mol. The van der Waals surface area contributed by atoms with Crippen molar-refractivity contribution in [3.05, 3.63) is 48.3 Å². The van der Waals surface area contributed by atoms with Gasteiger partial charge in [0.25, 0.3) is 0 Å². The number of fused-ring (bicyclic) bond motifs is 1. The second kappa shape index (κ2) is 4.20. The molecule has 0 saturated carbocycles. The molecule has 5 nitrogen and oxygen atoms in total. The lowest BCUT2D eigenvalue weighted by Crippen LogP contribution is -1.99. The highest BCUT2D eigenvalue weighted by Crippen LogP contribution is 2.23. The third-order valence-electron chi connectivity index (χ3n) is 3.00. The number of pyridine rings is 1. The van der Waals surface area contributed by atoms with Crippen LogP contribution in [-0.2, 0) is 7.05 Å². The number of carboxylic acids is 1. The van der Waals surface area contributed by atoms with Crippen LogP contribution in [0.3, 0.4) is 0 Å². The van der Waals surface area contributed by atoms with Crippen LogP contribution < -0.4 is 0 Å². The van der Waals surface area contributed by atoms with Crippen LogP contribution in [0.1, 0.15) is 10.5 Å². The summed E-state index contributed by atoms with van der Waals surface area (Å²) in [6.07, 6.45) is 1.73. The van der Waals surface area contributed by atoms with E-state index in [2.05, 4.69) is 10.1 Å². The fraction of sp³-hybridized carbons (Fsp3) is 0.0714. The molecule has 5 heteroatoms. The molecule has 2 aromatic heterocycles. The molecule has 0 atom stereocenters. The molecule has 0 aliphatic carbocycles. The zero-order chi connectivity index (χ0) is 13.4. The molecule has 2 heterocycles. The summed E-state index contributed by atoms with van der Waals surface area (Å²) in [6.45, 7) is 0. The van der Waals surface area contributed by atoms with Crippen LogP contribution in [0.25, 0.3) is 22.2 Å². The molecule has 3 rings (SSSR count). The largest absolute Gasteiger partial charge is 0.476 e. The van der Waals surface area contributed by atoms with E-state index >= 15 is 0 Å². The normalized spacial score (nSPS) is 10.8. The number of aryl methyl sites for hydroxylation is 1. The Bertz CT molecular complexity index is 777. The van der Waals surface area contributed by atoms with E-state index in [1.165, 1.54) is 0 Å². The number of hydrogen-bond donors (Lipinski definition) is 1. The van der Waals surface area contributed by atoms with Gasteiger partial charge in [-0.05, 0) is 18.2 Å². The van der Waals surface area contributed by atoms with Gasteiger partial charge in [0.2, 0.25) is 0 Å². The van der Waals surface area contributed by atoms with Crippen LogP contribution in [0.2, 0.25) is 0 Å². The molecule has 0 fully saturated rings. The van der Waals surface area contributed by atoms with Gasteiger partial charge in [-0.2, -0.15) is 5.10 Å². The van der Waals surface area contributed by atoms with Crippen molar-refractivity contribution in [2.75, 3.05) is 0 Å². The summed E-state index contributed by atoms with van der Waals surface area (Å²) in [7, 11) is 1.73. The van der Waals surface area contributed by atoms with Gasteiger partial charge in [-0.25, -0.2) is 4.79 Å². The Balaban J connectivity index is 2.16. The minimum Gasteiger partial charge on any atom is -0.476 e. The first-order valence-electron chi connectivity index (χ1n) is 5.77. The average molecular weight is 253 g/mol. The molecule has 3 aromatic rings. The first-order valence-corrected chi connectivity index (χ1v) is 5.77. The smallest absolute Gasteiger partial charge is 0.356 e. The highest BCUT2D eigenvalue weighted by molar-refractivity contribution is 5.88. The molecule has 94 valence electrons. The van der Waals surface area contributed by atoms with Crippen molar-refractivity contribution in [1.82, 2.24) is 14.8 Å². The van der Waals surface area contributed by atoms with E-state index in [-0.39, 0.29) is 5.69 Å². The highest BCUT2D eigenvalue weighted by Gasteiger charge is 2.12. The maximum atomic E-state index is 10.9. The Labute approximate surface area is 109 Å². The van der Waals surface area contributed by atoms with Crippen molar-refractivity contribution in [2.24, 2.45) is 7.05 Å². The van der Waals surface area contributed by atoms with Crippen molar-refractivity contribution in [3.63, 3.8) is 0 Å². The van der Waals surface area contributed by atoms with Gasteiger partial charge in [0.15, 0.2) is 5.69 Å². The van der Waals surface area contributed by atoms with E-state index in [0.717, 1.165) is 22.2 Å². The second-order valence-corrected chi connectivity index (χ2v) is 4.25. The minimum absolute atomic E-state index is 0.0404. The van der Waals surface area contributed by atoms with Crippen molar-refractivity contribution in [3.8, 4) is 11.3 Å². The molecule has 0 radical (unpaired) electrons. The number of aromatic nitrogens is 3. The van der Waals surface area contributed by atoms with Crippen molar-refractivity contribution in [2.45, 2.75) is 0 Å². The first kappa shape index (κ1) is 11.4. The predicted octanol–water partition coefficient (Wildman–Crippen LogP) is 2.33. The van der Waals surface area contributed by atoms with Crippen molar-refractivity contribution < 1.29 is 9.90 Å². The lowest BCUT2D eigenvalue weighted by Gasteiger charge is -2.03. The summed E-state index contributed by atoms with van der Waals surface area (Å²) >= 11 is 0. The van der Waals surface area contributed by atoms with Crippen LogP contribution in [-0.4, -0.2) is 25.8 Å². The van der Waals surface area contributed by atoms with Gasteiger partial charge in [-0.15, -0.1) is 0 Å². The summed E-state index contributed by atoms with van der Waals surface area (Å²) in [4.78, 5) is 15.2. The van der Waals surface area contributed by atoms with E-state index in [1.807, 2.05) is 30.3 Å². The number of benzene rings is 1. The molecule has 1 aromatic carbocycles. The van der Waals surface area contributed by atoms with Gasteiger partial charge in [0.1, 0.15) is 0 Å². The summed E-state index contributed by atoms with van der Waals surface area (Å²) in [5.74, 6) is -1.03. The van der Waals surface area contributed by atoms with Gasteiger partial charge < -0.3 is 5.11 Å². The van der Waals surface area contributed by atoms with Crippen molar-refractivity contribution in [1.29, 1.82) is 0 Å². The molecule has 1 N–H and O–H groups in total. The lowest BCUT2D eigenvalue weighted by molar-refractivity contribution is 0.0689. The molecule has 0 saturated heterocycles. The first-order chi connectivity index (χ1) is 9.15. The molecular formula is C14H11N3O2. The lowest BCUT2D eigenvalue weighted by atomic mass is 10.1. The van der Waals surface area contributed by atoms with Gasteiger partial charge >= 0.3 is 5.97 Å². The average Bonchev–Trinajstić information content (AvgIpc) is 2.80. The Kier molecular flexibility index (Phi) is 2.52. The number of nitrogens with zero attached hydrogens (tertiary/aromatic N) is 3. The van der Waals surface area contributed by atoms with Crippen LogP contribution in [0.4, 0.5) is 0 Å². The van der Waals surface area contributed by atoms with Crippen LogP contribution >= 0.6 is 0 Å². The molecule has 0 unspecified atom stereocenters. The fourth-order valence-electron chi connectivity index (χ4n) is 2.07. The number of aromatic carboxylic acids is 1. The number of carbonyl (C=O) groups is 1. The maximum absolute atomic E-state index is 10.9. The van der Waals surface area contributed by atoms with E-state index in [1.54, 1.807) is 24.0 Å². The van der Waals surface area contributed by atoms with Gasteiger partial charge in [-0.1, -0.05) is 18.2 Å². The third kappa shape index (κ3) is 1.95. The van der Waals surface area contributed by atoms with E-state index < -0.39 is 5.97 Å². The number of hydrogen-bond acceptors (Lipinski definition) is 3. The van der Waals surface area contributed by atoms with Gasteiger partial charge in [0.05, 0.1) is 11.2 Å². The standard InChI is InChI=1S/C14H11N3O2/c1-17-13(8-12(16-17)14(18)19)10-5-4-9-3-2-6-15-11(9)7-10/h2-8H,1H3,(H,18,19). The zero-order valence-corrected chi connectivity index (χ0v) is 10.2. The van der Waals surface area contributed by atoms with E-state index in [0.29, 0.717) is 0 Å². The monoisotopic (exact) mass is 253 g/mol. The Morgan fingerprint density at radius 2 is 2.11 bits per heavy atom. The maximum Gasteiger partial charge on any atom is 0.356 e. The molecule has 0 aliphatic rings. The number of rotatable bonds is 2. The molecule has 0 amide bonds. The second-order valence-electron chi connectivity index (χ2n) is 4.25. The molecule has 19 heavy (non-hydrogen) atoms. The van der Waals surface area contributed by atoms with Crippen LogP contribution in [0.15, 0.2) is 42.6 Å². The Morgan fingerprint density at radius 1 is 1.26 bits per heavy atom. The van der Waals surface area contributed by atoms with Crippen LogP contribution in [0.5, 0.6) is 0 Å².